The van der Waals surface area contributed by atoms with E-state index >= 15 is 0 Å². The van der Waals surface area contributed by atoms with Gasteiger partial charge in [0, 0.05) is 24.5 Å². The number of hydrogen-bond acceptors (Lipinski definition) is 5. The Hall–Kier alpha value is -2.14. The highest BCUT2D eigenvalue weighted by Gasteiger charge is 2.29. The lowest BCUT2D eigenvalue weighted by Crippen LogP contribution is -2.39. The van der Waals surface area contributed by atoms with Gasteiger partial charge < -0.3 is 21.2 Å². The predicted molar refractivity (Wildman–Crippen MR) is 101 cm³/mol. The van der Waals surface area contributed by atoms with E-state index in [0.717, 1.165) is 23.3 Å². The van der Waals surface area contributed by atoms with Crippen LogP contribution in [0.15, 0.2) is 59.3 Å². The fourth-order valence-electron chi connectivity index (χ4n) is 2.61. The number of hydrogen-bond donors (Lipinski definition) is 2. The number of ether oxygens (including phenoxy) is 1. The van der Waals surface area contributed by atoms with Crippen molar-refractivity contribution in [2.45, 2.75) is 40.2 Å². The molecule has 0 aromatic heterocycles. The van der Waals surface area contributed by atoms with Gasteiger partial charge in [-0.3, -0.25) is 0 Å². The molecule has 0 aliphatic carbocycles. The third-order valence-corrected chi connectivity index (χ3v) is 4.06. The molecular weight excluding hydrogens is 300 g/mol. The minimum Gasteiger partial charge on any atom is -0.479 e. The summed E-state index contributed by atoms with van der Waals surface area (Å²) in [4.78, 5) is 0. The van der Waals surface area contributed by atoms with Crippen LogP contribution in [-0.2, 0) is 4.74 Å². The van der Waals surface area contributed by atoms with Gasteiger partial charge in [-0.25, -0.2) is 5.01 Å². The van der Waals surface area contributed by atoms with Crippen molar-refractivity contribution in [2.75, 3.05) is 20.2 Å². The second kappa shape index (κ2) is 9.23. The van der Waals surface area contributed by atoms with Crippen molar-refractivity contribution in [3.63, 3.8) is 0 Å². The Morgan fingerprint density at radius 3 is 2.58 bits per heavy atom. The summed E-state index contributed by atoms with van der Waals surface area (Å²) in [6.07, 6.45) is 9.16. The topological polar surface area (TPSA) is 67.8 Å². The minimum absolute atomic E-state index is 0.195. The first-order valence-electron chi connectivity index (χ1n) is 8.42. The van der Waals surface area contributed by atoms with Crippen LogP contribution in [0.25, 0.3) is 0 Å². The van der Waals surface area contributed by atoms with Gasteiger partial charge in [0.25, 0.3) is 0 Å². The zero-order chi connectivity index (χ0) is 18.3. The highest BCUT2D eigenvalue weighted by atomic mass is 16.5. The largest absolute Gasteiger partial charge is 0.479 e. The number of allylic oxidation sites excluding steroid dienone is 3. The van der Waals surface area contributed by atoms with Crippen LogP contribution in [0.1, 0.15) is 34.1 Å². The molecule has 0 fully saturated rings. The summed E-state index contributed by atoms with van der Waals surface area (Å²) in [5.74, 6) is 0.414. The van der Waals surface area contributed by atoms with E-state index in [2.05, 4.69) is 48.9 Å². The minimum atomic E-state index is 0.195. The van der Waals surface area contributed by atoms with Crippen LogP contribution in [0.2, 0.25) is 0 Å². The lowest BCUT2D eigenvalue weighted by molar-refractivity contribution is 0.0701. The molecule has 0 saturated carbocycles. The van der Waals surface area contributed by atoms with Crippen LogP contribution in [0.5, 0.6) is 0 Å². The molecule has 0 bridgehead atoms. The second-order valence-corrected chi connectivity index (χ2v) is 5.88. The van der Waals surface area contributed by atoms with Crippen molar-refractivity contribution >= 4 is 0 Å². The Labute approximate surface area is 146 Å². The van der Waals surface area contributed by atoms with E-state index in [1.165, 1.54) is 5.57 Å². The SMILES string of the molecule is C=C(CC)C1=CN(C/C(N)=C/C(C)=C(\N)OCC)N(C)C1/C=C\C. The first-order chi connectivity index (χ1) is 11.3. The average Bonchev–Trinajstić information content (AvgIpc) is 2.84. The maximum atomic E-state index is 6.20. The molecule has 134 valence electrons. The summed E-state index contributed by atoms with van der Waals surface area (Å²) in [5, 5.41) is 4.28. The molecule has 1 heterocycles. The van der Waals surface area contributed by atoms with Gasteiger partial charge in [0.2, 0.25) is 0 Å². The average molecular weight is 332 g/mol. The molecule has 4 N–H and O–H groups in total. The van der Waals surface area contributed by atoms with Crippen molar-refractivity contribution < 1.29 is 4.74 Å². The Balaban J connectivity index is 2.96. The first-order valence-corrected chi connectivity index (χ1v) is 8.42. The molecule has 0 aromatic rings. The van der Waals surface area contributed by atoms with Crippen molar-refractivity contribution in [1.82, 2.24) is 10.0 Å². The molecule has 1 aliphatic rings. The first kappa shape index (κ1) is 19.9. The van der Waals surface area contributed by atoms with Gasteiger partial charge in [-0.2, -0.15) is 0 Å². The number of hydrazine groups is 1. The number of nitrogens with two attached hydrogens (primary N) is 2. The lowest BCUT2D eigenvalue weighted by Gasteiger charge is -2.29. The highest BCUT2D eigenvalue weighted by Crippen LogP contribution is 2.29. The molecule has 0 aromatic carbocycles. The molecule has 5 heteroatoms. The normalized spacial score (nSPS) is 20.4. The van der Waals surface area contributed by atoms with Crippen LogP contribution in [-0.4, -0.2) is 36.3 Å². The van der Waals surface area contributed by atoms with Crippen molar-refractivity contribution in [1.29, 1.82) is 0 Å². The third kappa shape index (κ3) is 4.93. The van der Waals surface area contributed by atoms with Gasteiger partial charge in [0.05, 0.1) is 19.2 Å². The fraction of sp³-hybridized carbons (Fsp3) is 0.474. The molecule has 1 aliphatic heterocycles. The standard InChI is InChI=1S/C19H32N4O/c1-7-10-18-17(14(4)8-2)13-23(22(18)6)12-16(20)11-15(5)19(21)24-9-3/h7,10-11,13,18H,4,8-9,12,20-21H2,1-3,5-6H3/b10-7-,16-11-,19-15+. The van der Waals surface area contributed by atoms with Crippen LogP contribution < -0.4 is 11.5 Å². The molecule has 0 spiro atoms. The Morgan fingerprint density at radius 2 is 2.04 bits per heavy atom. The van der Waals surface area contributed by atoms with Gasteiger partial charge >= 0.3 is 0 Å². The smallest absolute Gasteiger partial charge is 0.187 e. The number of rotatable bonds is 8. The molecular formula is C19H32N4O. The summed E-state index contributed by atoms with van der Waals surface area (Å²) in [6, 6.07) is 0.195. The highest BCUT2D eigenvalue weighted by molar-refractivity contribution is 5.38. The number of likely N-dealkylation sites (N-methyl/N-ethyl adjacent to an activating group) is 1. The van der Waals surface area contributed by atoms with Gasteiger partial charge in [-0.1, -0.05) is 25.7 Å². The van der Waals surface area contributed by atoms with E-state index in [9.17, 15) is 0 Å². The maximum Gasteiger partial charge on any atom is 0.187 e. The summed E-state index contributed by atoms with van der Waals surface area (Å²) in [6.45, 7) is 13.3. The van der Waals surface area contributed by atoms with Crippen LogP contribution in [0.4, 0.5) is 0 Å². The van der Waals surface area contributed by atoms with E-state index in [-0.39, 0.29) is 6.04 Å². The van der Waals surface area contributed by atoms with E-state index in [1.807, 2.05) is 26.8 Å². The fourth-order valence-corrected chi connectivity index (χ4v) is 2.61. The predicted octanol–water partition coefficient (Wildman–Crippen LogP) is 3.01. The van der Waals surface area contributed by atoms with Crippen molar-refractivity contribution in [2.24, 2.45) is 11.5 Å². The molecule has 24 heavy (non-hydrogen) atoms. The third-order valence-electron chi connectivity index (χ3n) is 4.06. The van der Waals surface area contributed by atoms with Crippen molar-refractivity contribution in [3.8, 4) is 0 Å². The monoisotopic (exact) mass is 332 g/mol. The van der Waals surface area contributed by atoms with Crippen LogP contribution in [0, 0.1) is 0 Å². The van der Waals surface area contributed by atoms with E-state index in [0.29, 0.717) is 19.0 Å². The van der Waals surface area contributed by atoms with Crippen molar-refractivity contribution in [3.05, 3.63) is 59.3 Å². The lowest BCUT2D eigenvalue weighted by atomic mass is 9.99. The summed E-state index contributed by atoms with van der Waals surface area (Å²) < 4.78 is 5.31. The van der Waals surface area contributed by atoms with Gasteiger partial charge in [-0.05, 0) is 44.4 Å². The molecule has 5 nitrogen and oxygen atoms in total. The Bertz CT molecular complexity index is 572. The zero-order valence-electron chi connectivity index (χ0n) is 15.7. The maximum absolute atomic E-state index is 6.20. The molecule has 0 amide bonds. The summed E-state index contributed by atoms with van der Waals surface area (Å²) in [7, 11) is 2.06. The number of nitrogens with zero attached hydrogens (tertiary/aromatic N) is 2. The van der Waals surface area contributed by atoms with Gasteiger partial charge in [0.1, 0.15) is 0 Å². The summed E-state index contributed by atoms with van der Waals surface area (Å²) in [5.41, 5.74) is 16.0. The Morgan fingerprint density at radius 1 is 1.38 bits per heavy atom. The van der Waals surface area contributed by atoms with Gasteiger partial charge in [0.15, 0.2) is 5.88 Å². The van der Waals surface area contributed by atoms with Crippen LogP contribution >= 0.6 is 0 Å². The quantitative estimate of drug-likeness (QED) is 0.406. The van der Waals surface area contributed by atoms with Crippen LogP contribution in [0.3, 0.4) is 0 Å². The zero-order valence-corrected chi connectivity index (χ0v) is 15.7. The van der Waals surface area contributed by atoms with Gasteiger partial charge in [-0.15, -0.1) is 0 Å². The van der Waals surface area contributed by atoms with E-state index < -0.39 is 0 Å². The molecule has 1 rings (SSSR count). The summed E-state index contributed by atoms with van der Waals surface area (Å²) >= 11 is 0. The molecule has 0 radical (unpaired) electrons. The molecule has 0 saturated heterocycles. The molecule has 1 atom stereocenters. The van der Waals surface area contributed by atoms with E-state index in [1.54, 1.807) is 0 Å². The molecule has 1 unspecified atom stereocenters. The van der Waals surface area contributed by atoms with E-state index in [4.69, 9.17) is 16.2 Å². The Kier molecular flexibility index (Phi) is 7.65. The second-order valence-electron chi connectivity index (χ2n) is 5.88.